The molecule has 0 aliphatic carbocycles. The standard InChI is InChI=1S/C34H38N2O6S3/c1-25-15-17-31(19-27(25)3)44(39,40)35(21-29-11-7-5-8-12-29)33-23-43(37,38)24-34(33)36(22-30-13-9-6-10-14-30)45(41,42)32-18-16-26(2)28(4)20-32/h5-20,33-34H,21-24H2,1-4H3/t33-,34-/m0/s1. The maximum atomic E-state index is 14.5. The zero-order valence-electron chi connectivity index (χ0n) is 25.8. The predicted molar refractivity (Wildman–Crippen MR) is 176 cm³/mol. The molecule has 0 amide bonds. The summed E-state index contributed by atoms with van der Waals surface area (Å²) in [6.45, 7) is 7.14. The number of hydrogen-bond donors (Lipinski definition) is 0. The number of benzene rings is 4. The minimum absolute atomic E-state index is 0.0243. The van der Waals surface area contributed by atoms with Crippen molar-refractivity contribution in [2.75, 3.05) is 11.5 Å². The summed E-state index contributed by atoms with van der Waals surface area (Å²) in [5.41, 5.74) is 4.68. The van der Waals surface area contributed by atoms with Crippen LogP contribution in [0, 0.1) is 27.7 Å². The smallest absolute Gasteiger partial charge is 0.229 e. The van der Waals surface area contributed by atoms with E-state index in [1.165, 1.54) is 20.7 Å². The highest BCUT2D eigenvalue weighted by Crippen LogP contribution is 2.34. The molecule has 1 aliphatic rings. The van der Waals surface area contributed by atoms with Crippen LogP contribution in [0.3, 0.4) is 0 Å². The molecule has 1 heterocycles. The minimum atomic E-state index is -4.29. The molecular weight excluding hydrogens is 629 g/mol. The Hall–Kier alpha value is -3.35. The average Bonchev–Trinajstić information content (AvgIpc) is 3.32. The van der Waals surface area contributed by atoms with Gasteiger partial charge in [0.1, 0.15) is 0 Å². The van der Waals surface area contributed by atoms with Gasteiger partial charge in [0.2, 0.25) is 20.0 Å². The lowest BCUT2D eigenvalue weighted by atomic mass is 10.1. The fraction of sp³-hybridized carbons (Fsp3) is 0.294. The highest BCUT2D eigenvalue weighted by atomic mass is 32.2. The van der Waals surface area contributed by atoms with E-state index < -0.39 is 53.5 Å². The average molecular weight is 667 g/mol. The Balaban J connectivity index is 1.69. The normalized spacial score (nSPS) is 18.4. The van der Waals surface area contributed by atoms with Crippen molar-refractivity contribution in [1.29, 1.82) is 0 Å². The molecule has 238 valence electrons. The lowest BCUT2D eigenvalue weighted by molar-refractivity contribution is 0.219. The maximum Gasteiger partial charge on any atom is 0.243 e. The van der Waals surface area contributed by atoms with Gasteiger partial charge in [0.15, 0.2) is 9.84 Å². The molecule has 2 atom stereocenters. The summed E-state index contributed by atoms with van der Waals surface area (Å²) in [7, 11) is -12.4. The Labute approximate surface area is 267 Å². The fourth-order valence-corrected chi connectivity index (χ4v) is 11.3. The van der Waals surface area contributed by atoms with Gasteiger partial charge < -0.3 is 0 Å². The molecule has 0 radical (unpaired) electrons. The van der Waals surface area contributed by atoms with Gasteiger partial charge in [0.05, 0.1) is 33.4 Å². The van der Waals surface area contributed by atoms with Crippen molar-refractivity contribution in [2.24, 2.45) is 0 Å². The minimum Gasteiger partial charge on any atom is -0.229 e. The molecule has 0 N–H and O–H groups in total. The van der Waals surface area contributed by atoms with Gasteiger partial charge in [0.25, 0.3) is 0 Å². The first-order valence-corrected chi connectivity index (χ1v) is 19.4. The summed E-state index contributed by atoms with van der Waals surface area (Å²) in [5.74, 6) is -1.02. The molecule has 0 spiro atoms. The van der Waals surface area contributed by atoms with E-state index in [2.05, 4.69) is 0 Å². The Morgan fingerprint density at radius 2 is 0.911 bits per heavy atom. The molecule has 5 rings (SSSR count). The maximum absolute atomic E-state index is 14.5. The number of sulfone groups is 1. The van der Waals surface area contributed by atoms with Crippen LogP contribution in [0.15, 0.2) is 107 Å². The number of hydrogen-bond acceptors (Lipinski definition) is 6. The van der Waals surface area contributed by atoms with Crippen LogP contribution >= 0.6 is 0 Å². The summed E-state index contributed by atoms with van der Waals surface area (Å²) in [5, 5.41) is 0. The van der Waals surface area contributed by atoms with E-state index in [4.69, 9.17) is 0 Å². The first-order chi connectivity index (χ1) is 21.2. The van der Waals surface area contributed by atoms with Crippen molar-refractivity contribution in [1.82, 2.24) is 8.61 Å². The summed E-state index contributed by atoms with van der Waals surface area (Å²) in [6, 6.07) is 25.1. The molecule has 0 aromatic heterocycles. The summed E-state index contributed by atoms with van der Waals surface area (Å²) < 4.78 is 87.2. The summed E-state index contributed by atoms with van der Waals surface area (Å²) in [4.78, 5) is 0.0485. The van der Waals surface area contributed by atoms with Crippen molar-refractivity contribution in [3.8, 4) is 0 Å². The lowest BCUT2D eigenvalue weighted by Gasteiger charge is -2.37. The molecule has 0 unspecified atom stereocenters. The molecule has 1 saturated heterocycles. The molecule has 11 heteroatoms. The molecule has 0 saturated carbocycles. The van der Waals surface area contributed by atoms with Crippen LogP contribution < -0.4 is 0 Å². The van der Waals surface area contributed by atoms with Crippen LogP contribution in [0.4, 0.5) is 0 Å². The Bertz CT molecular complexity index is 1870. The van der Waals surface area contributed by atoms with Crippen LogP contribution in [0.25, 0.3) is 0 Å². The van der Waals surface area contributed by atoms with Crippen molar-refractivity contribution in [2.45, 2.75) is 62.7 Å². The molecule has 1 aliphatic heterocycles. The van der Waals surface area contributed by atoms with Gasteiger partial charge in [-0.15, -0.1) is 0 Å². The Morgan fingerprint density at radius 1 is 0.556 bits per heavy atom. The van der Waals surface area contributed by atoms with Crippen molar-refractivity contribution in [3.05, 3.63) is 130 Å². The van der Waals surface area contributed by atoms with Gasteiger partial charge in [-0.2, -0.15) is 8.61 Å². The first kappa shape index (κ1) is 33.0. The van der Waals surface area contributed by atoms with E-state index in [1.807, 2.05) is 39.8 Å². The van der Waals surface area contributed by atoms with Crippen molar-refractivity contribution in [3.63, 3.8) is 0 Å². The largest absolute Gasteiger partial charge is 0.243 e. The number of sulfonamides is 2. The lowest BCUT2D eigenvalue weighted by Crippen LogP contribution is -2.54. The molecular formula is C34H38N2O6S3. The predicted octanol–water partition coefficient (Wildman–Crippen LogP) is 5.17. The SMILES string of the molecule is Cc1ccc(S(=O)(=O)N(Cc2ccccc2)[C@H]2CS(=O)(=O)C[C@@H]2N(Cc2ccccc2)S(=O)(=O)c2ccc(C)c(C)c2)cc1C. The number of nitrogens with zero attached hydrogens (tertiary/aromatic N) is 2. The second-order valence-electron chi connectivity index (χ2n) is 11.8. The molecule has 4 aromatic carbocycles. The van der Waals surface area contributed by atoms with E-state index in [0.717, 1.165) is 22.3 Å². The third kappa shape index (κ3) is 7.07. The van der Waals surface area contributed by atoms with Gasteiger partial charge >= 0.3 is 0 Å². The van der Waals surface area contributed by atoms with Gasteiger partial charge in [-0.25, -0.2) is 25.3 Å². The van der Waals surface area contributed by atoms with E-state index in [1.54, 1.807) is 72.8 Å². The molecule has 45 heavy (non-hydrogen) atoms. The van der Waals surface area contributed by atoms with E-state index >= 15 is 0 Å². The monoisotopic (exact) mass is 666 g/mol. The van der Waals surface area contributed by atoms with Gasteiger partial charge in [-0.3, -0.25) is 0 Å². The van der Waals surface area contributed by atoms with Gasteiger partial charge in [-0.1, -0.05) is 72.8 Å². The van der Waals surface area contributed by atoms with E-state index in [-0.39, 0.29) is 22.9 Å². The topological polar surface area (TPSA) is 109 Å². The molecule has 0 bridgehead atoms. The fourth-order valence-electron chi connectivity index (χ4n) is 5.67. The van der Waals surface area contributed by atoms with E-state index in [0.29, 0.717) is 11.1 Å². The Kier molecular flexibility index (Phi) is 9.40. The van der Waals surface area contributed by atoms with Crippen LogP contribution in [-0.4, -0.2) is 57.5 Å². The van der Waals surface area contributed by atoms with Crippen molar-refractivity contribution < 1.29 is 25.3 Å². The summed E-state index contributed by atoms with van der Waals surface area (Å²) >= 11 is 0. The van der Waals surface area contributed by atoms with Crippen molar-refractivity contribution >= 4 is 29.9 Å². The molecule has 1 fully saturated rings. The molecule has 8 nitrogen and oxygen atoms in total. The second-order valence-corrected chi connectivity index (χ2v) is 17.7. The quantitative estimate of drug-likeness (QED) is 0.231. The second kappa shape index (κ2) is 12.8. The highest BCUT2D eigenvalue weighted by Gasteiger charge is 2.50. The third-order valence-corrected chi connectivity index (χ3v) is 14.0. The van der Waals surface area contributed by atoms with Crippen LogP contribution in [-0.2, 0) is 43.0 Å². The molecule has 4 aromatic rings. The third-order valence-electron chi connectivity index (χ3n) is 8.57. The zero-order valence-corrected chi connectivity index (χ0v) is 28.2. The van der Waals surface area contributed by atoms with E-state index in [9.17, 15) is 25.3 Å². The highest BCUT2D eigenvalue weighted by molar-refractivity contribution is 7.92. The van der Waals surface area contributed by atoms with Gasteiger partial charge in [-0.05, 0) is 85.3 Å². The van der Waals surface area contributed by atoms with Crippen LogP contribution in [0.2, 0.25) is 0 Å². The van der Waals surface area contributed by atoms with Crippen LogP contribution in [0.1, 0.15) is 33.4 Å². The zero-order chi connectivity index (χ0) is 32.6. The number of aryl methyl sites for hydroxylation is 4. The number of rotatable bonds is 10. The Morgan fingerprint density at radius 3 is 1.24 bits per heavy atom. The van der Waals surface area contributed by atoms with Crippen LogP contribution in [0.5, 0.6) is 0 Å². The van der Waals surface area contributed by atoms with Gasteiger partial charge in [0, 0.05) is 13.1 Å². The first-order valence-electron chi connectivity index (χ1n) is 14.7. The summed E-state index contributed by atoms with van der Waals surface area (Å²) in [6.07, 6.45) is 0.